The first-order valence-corrected chi connectivity index (χ1v) is 13.9. The summed E-state index contributed by atoms with van der Waals surface area (Å²) >= 11 is -0.988. The topological polar surface area (TPSA) is 3.24 Å². The average Bonchev–Trinajstić information content (AvgIpc) is 2.22. The van der Waals surface area contributed by atoms with Gasteiger partial charge in [-0.05, 0) is 0 Å². The van der Waals surface area contributed by atoms with Gasteiger partial charge in [-0.25, -0.2) is 0 Å². The van der Waals surface area contributed by atoms with Crippen molar-refractivity contribution >= 4 is 21.4 Å². The van der Waals surface area contributed by atoms with Crippen LogP contribution < -0.4 is 0 Å². The first-order valence-electron chi connectivity index (χ1n) is 6.89. The van der Waals surface area contributed by atoms with Gasteiger partial charge in [-0.2, -0.15) is 0 Å². The molecule has 0 radical (unpaired) electrons. The van der Waals surface area contributed by atoms with Crippen LogP contribution in [0.3, 0.4) is 0 Å². The molecule has 0 fully saturated rings. The fraction of sp³-hybridized carbons (Fsp3) is 1.00. The normalized spacial score (nSPS) is 11.4. The van der Waals surface area contributed by atoms with E-state index in [1.807, 2.05) is 0 Å². The molecule has 0 unspecified atom stereocenters. The Morgan fingerprint density at radius 3 is 2.00 bits per heavy atom. The Balaban J connectivity index is 3.69. The molecule has 0 aliphatic rings. The molecule has 0 aromatic rings. The fourth-order valence-electron chi connectivity index (χ4n) is 2.20. The van der Waals surface area contributed by atoms with Crippen molar-refractivity contribution in [3.63, 3.8) is 0 Å². The van der Waals surface area contributed by atoms with Gasteiger partial charge in [0.2, 0.25) is 0 Å². The molecule has 0 saturated carbocycles. The van der Waals surface area contributed by atoms with Gasteiger partial charge in [0, 0.05) is 0 Å². The minimum atomic E-state index is -0.988. The Kier molecular flexibility index (Phi) is 10.6. The number of hydrogen-bond acceptors (Lipinski definition) is 1. The van der Waals surface area contributed by atoms with Crippen molar-refractivity contribution in [2.75, 3.05) is 13.1 Å². The van der Waals surface area contributed by atoms with E-state index in [0.717, 1.165) is 6.04 Å². The van der Waals surface area contributed by atoms with Crippen molar-refractivity contribution in [3.05, 3.63) is 0 Å². The summed E-state index contributed by atoms with van der Waals surface area (Å²) in [5.41, 5.74) is 0. The molecule has 0 heterocycles. The van der Waals surface area contributed by atoms with Gasteiger partial charge < -0.3 is 0 Å². The number of nitrogens with zero attached hydrogens (tertiary/aromatic N) is 1. The van der Waals surface area contributed by atoms with E-state index in [-0.39, 0.29) is 0 Å². The first kappa shape index (κ1) is 15.8. The van der Waals surface area contributed by atoms with Crippen LogP contribution in [0.1, 0.15) is 47.5 Å². The molecule has 15 heavy (non-hydrogen) atoms. The molecule has 0 aromatic carbocycles. The van der Waals surface area contributed by atoms with E-state index in [4.69, 9.17) is 0 Å². The van der Waals surface area contributed by atoms with Gasteiger partial charge in [0.25, 0.3) is 0 Å². The van der Waals surface area contributed by atoms with E-state index >= 15 is 0 Å². The van der Waals surface area contributed by atoms with Crippen LogP contribution in [0.4, 0.5) is 0 Å². The van der Waals surface area contributed by atoms with Crippen LogP contribution in [0.25, 0.3) is 0 Å². The van der Waals surface area contributed by atoms with Crippen LogP contribution in [0.5, 0.6) is 0 Å². The summed E-state index contributed by atoms with van der Waals surface area (Å²) in [6.07, 6.45) is 2.77. The molecule has 0 aliphatic carbocycles. The Bertz CT molecular complexity index is 132. The van der Waals surface area contributed by atoms with E-state index in [1.165, 1.54) is 25.9 Å². The van der Waals surface area contributed by atoms with Gasteiger partial charge in [0.1, 0.15) is 0 Å². The van der Waals surface area contributed by atoms with Crippen LogP contribution in [-0.2, 0) is 0 Å². The van der Waals surface area contributed by atoms with Gasteiger partial charge >= 0.3 is 105 Å². The minimum absolute atomic E-state index is 0.738. The molecule has 0 bridgehead atoms. The third-order valence-corrected chi connectivity index (χ3v) is 13.5. The Hall–Kier alpha value is 0.830. The fourth-order valence-corrected chi connectivity index (χ4v) is 8.34. The molecule has 0 saturated heterocycles. The Morgan fingerprint density at radius 2 is 1.60 bits per heavy atom. The third kappa shape index (κ3) is 7.68. The monoisotopic (exact) mass is 315 g/mol. The molecule has 0 amide bonds. The predicted octanol–water partition coefficient (Wildman–Crippen LogP) is 4.03. The Morgan fingerprint density at radius 1 is 1.00 bits per heavy atom. The molecule has 2 heteroatoms. The standard InChI is InChI=1S/C9H20N.2C2H5.In/c1-5-7-10(8-6-2)9(3)4;2*1-2;/h9H,1,5-8H2,2-4H3;2*1H2,2H3;. The summed E-state index contributed by atoms with van der Waals surface area (Å²) in [5.74, 6) is 0. The van der Waals surface area contributed by atoms with E-state index in [0.29, 0.717) is 0 Å². The molecule has 0 atom stereocenters. The molecule has 0 N–H and O–H groups in total. The molecule has 90 valence electrons. The Labute approximate surface area is 105 Å². The SMILES string of the molecule is CCCN(CC[CH2][In]([CH2]C)[CH2]C)C(C)C. The van der Waals surface area contributed by atoms with Crippen molar-refractivity contribution in [2.45, 2.75) is 66.0 Å². The zero-order chi connectivity index (χ0) is 11.7. The van der Waals surface area contributed by atoms with Gasteiger partial charge in [-0.1, -0.05) is 0 Å². The molecule has 0 spiro atoms. The molecule has 0 aliphatic heterocycles. The average molecular weight is 315 g/mol. The van der Waals surface area contributed by atoms with Crippen molar-refractivity contribution in [1.29, 1.82) is 0 Å². The van der Waals surface area contributed by atoms with E-state index in [1.54, 1.807) is 12.5 Å². The third-order valence-electron chi connectivity index (χ3n) is 3.45. The second kappa shape index (κ2) is 10.0. The van der Waals surface area contributed by atoms with Gasteiger partial charge in [-0.3, -0.25) is 0 Å². The molecule has 0 rings (SSSR count). The van der Waals surface area contributed by atoms with Gasteiger partial charge in [-0.15, -0.1) is 0 Å². The van der Waals surface area contributed by atoms with Crippen LogP contribution >= 0.6 is 0 Å². The predicted molar refractivity (Wildman–Crippen MR) is 73.1 cm³/mol. The van der Waals surface area contributed by atoms with E-state index in [9.17, 15) is 0 Å². The second-order valence-electron chi connectivity index (χ2n) is 4.95. The van der Waals surface area contributed by atoms with Crippen molar-refractivity contribution < 1.29 is 0 Å². The number of hydrogen-bond donors (Lipinski definition) is 0. The second-order valence-corrected chi connectivity index (χ2v) is 16.2. The summed E-state index contributed by atoms with van der Waals surface area (Å²) in [6, 6.07) is 0.738. The quantitative estimate of drug-likeness (QED) is 0.621. The van der Waals surface area contributed by atoms with E-state index < -0.39 is 21.4 Å². The van der Waals surface area contributed by atoms with Crippen molar-refractivity contribution in [3.8, 4) is 0 Å². The van der Waals surface area contributed by atoms with Crippen LogP contribution in [0, 0.1) is 0 Å². The van der Waals surface area contributed by atoms with E-state index in [2.05, 4.69) is 39.5 Å². The first-order chi connectivity index (χ1) is 7.15. The number of rotatable bonds is 9. The zero-order valence-electron chi connectivity index (χ0n) is 11.6. The van der Waals surface area contributed by atoms with Gasteiger partial charge in [0.15, 0.2) is 0 Å². The molecular formula is C13H30InN. The van der Waals surface area contributed by atoms with Crippen LogP contribution in [0.15, 0.2) is 0 Å². The summed E-state index contributed by atoms with van der Waals surface area (Å²) < 4.78 is 4.75. The summed E-state index contributed by atoms with van der Waals surface area (Å²) in [6.45, 7) is 14.4. The van der Waals surface area contributed by atoms with Gasteiger partial charge in [0.05, 0.1) is 0 Å². The molecule has 0 aromatic heterocycles. The molecule has 1 nitrogen and oxygen atoms in total. The summed E-state index contributed by atoms with van der Waals surface area (Å²) in [7, 11) is 0. The maximum atomic E-state index is 2.65. The van der Waals surface area contributed by atoms with Crippen LogP contribution in [0.2, 0.25) is 12.5 Å². The maximum absolute atomic E-state index is 2.65. The summed E-state index contributed by atoms with van der Waals surface area (Å²) in [5, 5.41) is 0. The van der Waals surface area contributed by atoms with Crippen molar-refractivity contribution in [2.24, 2.45) is 0 Å². The zero-order valence-corrected chi connectivity index (χ0v) is 14.8. The summed E-state index contributed by atoms with van der Waals surface area (Å²) in [4.78, 5) is 2.65. The molecular weight excluding hydrogens is 285 g/mol. The van der Waals surface area contributed by atoms with Crippen LogP contribution in [-0.4, -0.2) is 45.5 Å². The van der Waals surface area contributed by atoms with Crippen molar-refractivity contribution in [1.82, 2.24) is 4.90 Å².